The summed E-state index contributed by atoms with van der Waals surface area (Å²) >= 11 is 6.09. The predicted molar refractivity (Wildman–Crippen MR) is 114 cm³/mol. The van der Waals surface area contributed by atoms with Crippen molar-refractivity contribution in [3.63, 3.8) is 0 Å². The van der Waals surface area contributed by atoms with Gasteiger partial charge in [-0.1, -0.05) is 29.8 Å². The first-order valence-electron chi connectivity index (χ1n) is 8.95. The zero-order chi connectivity index (χ0) is 19.9. The van der Waals surface area contributed by atoms with Crippen LogP contribution in [0.25, 0.3) is 0 Å². The molecule has 0 fully saturated rings. The first-order valence-corrected chi connectivity index (χ1v) is 9.33. The highest BCUT2D eigenvalue weighted by molar-refractivity contribution is 6.31. The van der Waals surface area contributed by atoms with Crippen molar-refractivity contribution in [2.24, 2.45) is 0 Å². The molecule has 0 spiro atoms. The van der Waals surface area contributed by atoms with Crippen molar-refractivity contribution in [1.82, 2.24) is 4.98 Å². The van der Waals surface area contributed by atoms with Gasteiger partial charge >= 0.3 is 0 Å². The highest BCUT2D eigenvalue weighted by atomic mass is 35.5. The van der Waals surface area contributed by atoms with Crippen LogP contribution in [0.3, 0.4) is 0 Å². The molecule has 6 heteroatoms. The van der Waals surface area contributed by atoms with E-state index < -0.39 is 0 Å². The van der Waals surface area contributed by atoms with Crippen molar-refractivity contribution in [2.45, 2.75) is 13.3 Å². The number of benzene rings is 2. The van der Waals surface area contributed by atoms with Gasteiger partial charge in [0.15, 0.2) is 0 Å². The van der Waals surface area contributed by atoms with Crippen LogP contribution >= 0.6 is 11.6 Å². The van der Waals surface area contributed by atoms with E-state index in [1.165, 1.54) is 5.56 Å². The second-order valence-electron chi connectivity index (χ2n) is 6.38. The van der Waals surface area contributed by atoms with Gasteiger partial charge in [-0.15, -0.1) is 0 Å². The molecule has 1 heterocycles. The van der Waals surface area contributed by atoms with E-state index in [1.807, 2.05) is 43.3 Å². The van der Waals surface area contributed by atoms with Crippen molar-refractivity contribution >= 4 is 28.9 Å². The number of amides is 1. The summed E-state index contributed by atoms with van der Waals surface area (Å²) in [5.41, 5.74) is 3.99. The molecule has 1 amide bonds. The van der Waals surface area contributed by atoms with Crippen LogP contribution in [-0.4, -0.2) is 24.5 Å². The molecule has 0 atom stereocenters. The number of carbonyl (C=O) groups is 1. The van der Waals surface area contributed by atoms with E-state index in [0.29, 0.717) is 16.4 Å². The number of hydrogen-bond donors (Lipinski definition) is 2. The Morgan fingerprint density at radius 3 is 2.64 bits per heavy atom. The molecule has 144 valence electrons. The van der Waals surface area contributed by atoms with Crippen LogP contribution in [0.1, 0.15) is 21.6 Å². The molecule has 3 rings (SSSR count). The van der Waals surface area contributed by atoms with Gasteiger partial charge in [0.2, 0.25) is 0 Å². The number of nitrogens with one attached hydrogen (secondary N) is 2. The first-order chi connectivity index (χ1) is 13.5. The quantitative estimate of drug-likeness (QED) is 0.593. The molecule has 0 unspecified atom stereocenters. The van der Waals surface area contributed by atoms with E-state index in [0.717, 1.165) is 30.0 Å². The highest BCUT2D eigenvalue weighted by Crippen LogP contribution is 2.20. The van der Waals surface area contributed by atoms with E-state index in [1.54, 1.807) is 25.4 Å². The second kappa shape index (κ2) is 9.24. The topological polar surface area (TPSA) is 63.2 Å². The second-order valence-corrected chi connectivity index (χ2v) is 6.79. The lowest BCUT2D eigenvalue weighted by molar-refractivity contribution is 0.102. The van der Waals surface area contributed by atoms with Crippen LogP contribution in [0.15, 0.2) is 60.8 Å². The summed E-state index contributed by atoms with van der Waals surface area (Å²) in [5, 5.41) is 6.72. The molecule has 28 heavy (non-hydrogen) atoms. The summed E-state index contributed by atoms with van der Waals surface area (Å²) in [6, 6.07) is 16.9. The Bertz CT molecular complexity index is 958. The van der Waals surface area contributed by atoms with Gasteiger partial charge in [0.05, 0.1) is 19.0 Å². The number of nitrogens with zero attached hydrogens (tertiary/aromatic N) is 1. The average molecular weight is 396 g/mol. The smallest absolute Gasteiger partial charge is 0.274 e. The minimum atomic E-state index is -0.275. The average Bonchev–Trinajstić information content (AvgIpc) is 2.71. The van der Waals surface area contributed by atoms with E-state index in [4.69, 9.17) is 16.3 Å². The van der Waals surface area contributed by atoms with Crippen molar-refractivity contribution in [3.8, 4) is 5.75 Å². The SMILES string of the molecule is COc1cccc(CCNc2ccc(C(=O)Nc3ccc(C)c(Cl)c3)nc2)c1. The lowest BCUT2D eigenvalue weighted by Crippen LogP contribution is -2.14. The van der Waals surface area contributed by atoms with Gasteiger partial charge in [-0.3, -0.25) is 4.79 Å². The van der Waals surface area contributed by atoms with Crippen molar-refractivity contribution < 1.29 is 9.53 Å². The molecule has 0 bridgehead atoms. The number of ether oxygens (including phenoxy) is 1. The lowest BCUT2D eigenvalue weighted by Gasteiger charge is -2.09. The van der Waals surface area contributed by atoms with Crippen LogP contribution in [0.2, 0.25) is 5.02 Å². The molecular weight excluding hydrogens is 374 g/mol. The van der Waals surface area contributed by atoms with Crippen molar-refractivity contribution in [3.05, 3.63) is 82.6 Å². The molecule has 0 aliphatic rings. The third kappa shape index (κ3) is 5.24. The number of methoxy groups -OCH3 is 1. The summed E-state index contributed by atoms with van der Waals surface area (Å²) in [7, 11) is 1.66. The molecule has 0 saturated carbocycles. The standard InChI is InChI=1S/C22H22ClN3O2/c1-15-6-7-17(13-20(15)23)26-22(27)21-9-8-18(14-25-21)24-11-10-16-4-3-5-19(12-16)28-2/h3-9,12-14,24H,10-11H2,1-2H3,(H,26,27). The van der Waals surface area contributed by atoms with Gasteiger partial charge in [0.1, 0.15) is 11.4 Å². The van der Waals surface area contributed by atoms with E-state index in [-0.39, 0.29) is 5.91 Å². The Morgan fingerprint density at radius 1 is 1.11 bits per heavy atom. The van der Waals surface area contributed by atoms with Crippen molar-refractivity contribution in [2.75, 3.05) is 24.3 Å². The summed E-state index contributed by atoms with van der Waals surface area (Å²) in [4.78, 5) is 16.6. The molecule has 2 N–H and O–H groups in total. The molecule has 0 aliphatic carbocycles. The summed E-state index contributed by atoms with van der Waals surface area (Å²) in [6.45, 7) is 2.66. The van der Waals surface area contributed by atoms with Crippen LogP contribution in [-0.2, 0) is 6.42 Å². The predicted octanol–water partition coefficient (Wildman–Crippen LogP) is 4.96. The number of aryl methyl sites for hydroxylation is 1. The number of anilines is 2. The van der Waals surface area contributed by atoms with Crippen LogP contribution in [0.4, 0.5) is 11.4 Å². The van der Waals surface area contributed by atoms with E-state index >= 15 is 0 Å². The first kappa shape index (κ1) is 19.7. The zero-order valence-electron chi connectivity index (χ0n) is 15.8. The third-order valence-corrected chi connectivity index (χ3v) is 4.71. The number of pyridine rings is 1. The minimum Gasteiger partial charge on any atom is -0.497 e. The maximum absolute atomic E-state index is 12.3. The molecular formula is C22H22ClN3O2. The molecule has 0 aliphatic heterocycles. The van der Waals surface area contributed by atoms with Crippen LogP contribution in [0, 0.1) is 6.92 Å². The van der Waals surface area contributed by atoms with E-state index in [2.05, 4.69) is 21.7 Å². The molecule has 0 radical (unpaired) electrons. The molecule has 5 nitrogen and oxygen atoms in total. The lowest BCUT2D eigenvalue weighted by atomic mass is 10.1. The third-order valence-electron chi connectivity index (χ3n) is 4.30. The Hall–Kier alpha value is -3.05. The normalized spacial score (nSPS) is 10.4. The number of rotatable bonds is 7. The minimum absolute atomic E-state index is 0.275. The number of carbonyl (C=O) groups excluding carboxylic acids is 1. The number of hydrogen-bond acceptors (Lipinski definition) is 4. The maximum Gasteiger partial charge on any atom is 0.274 e. The number of aromatic nitrogens is 1. The Kier molecular flexibility index (Phi) is 6.50. The van der Waals surface area contributed by atoms with Crippen LogP contribution < -0.4 is 15.4 Å². The Labute approximate surface area is 169 Å². The Balaban J connectivity index is 1.53. The van der Waals surface area contributed by atoms with Gasteiger partial charge in [-0.2, -0.15) is 0 Å². The van der Waals surface area contributed by atoms with Gasteiger partial charge in [-0.25, -0.2) is 4.98 Å². The summed E-state index contributed by atoms with van der Waals surface area (Å²) in [5.74, 6) is 0.576. The van der Waals surface area contributed by atoms with Crippen LogP contribution in [0.5, 0.6) is 5.75 Å². The van der Waals surface area contributed by atoms with E-state index in [9.17, 15) is 4.79 Å². The Morgan fingerprint density at radius 2 is 1.93 bits per heavy atom. The van der Waals surface area contributed by atoms with Gasteiger partial charge in [0.25, 0.3) is 5.91 Å². The summed E-state index contributed by atoms with van der Waals surface area (Å²) < 4.78 is 5.23. The zero-order valence-corrected chi connectivity index (χ0v) is 16.6. The molecule has 2 aromatic carbocycles. The monoisotopic (exact) mass is 395 g/mol. The fraction of sp³-hybridized carbons (Fsp3) is 0.182. The maximum atomic E-state index is 12.3. The molecule has 3 aromatic rings. The molecule has 0 saturated heterocycles. The van der Waals surface area contributed by atoms with Gasteiger partial charge < -0.3 is 15.4 Å². The van der Waals surface area contributed by atoms with Gasteiger partial charge in [0, 0.05) is 17.3 Å². The highest BCUT2D eigenvalue weighted by Gasteiger charge is 2.08. The fourth-order valence-electron chi connectivity index (χ4n) is 2.68. The summed E-state index contributed by atoms with van der Waals surface area (Å²) in [6.07, 6.45) is 2.51. The fourth-order valence-corrected chi connectivity index (χ4v) is 2.86. The molecule has 1 aromatic heterocycles. The largest absolute Gasteiger partial charge is 0.497 e. The van der Waals surface area contributed by atoms with Crippen molar-refractivity contribution in [1.29, 1.82) is 0 Å². The van der Waals surface area contributed by atoms with Gasteiger partial charge in [-0.05, 0) is 60.9 Å². The number of halogens is 1.